The largest absolute Gasteiger partial charge is 0.378 e. The lowest BCUT2D eigenvalue weighted by molar-refractivity contribution is 0.432. The van der Waals surface area contributed by atoms with Crippen LogP contribution >= 0.6 is 0 Å². The maximum absolute atomic E-state index is 5.53. The molecule has 142 valence electrons. The topological polar surface area (TPSA) is 60.0 Å². The Bertz CT molecular complexity index is 1120. The van der Waals surface area contributed by atoms with Crippen LogP contribution in [0.5, 0.6) is 0 Å². The first kappa shape index (κ1) is 17.0. The second kappa shape index (κ2) is 6.78. The first-order chi connectivity index (χ1) is 13.7. The Morgan fingerprint density at radius 1 is 1.04 bits per heavy atom. The van der Waals surface area contributed by atoms with Gasteiger partial charge in [0.1, 0.15) is 0 Å². The van der Waals surface area contributed by atoms with Gasteiger partial charge < -0.3 is 14.0 Å². The summed E-state index contributed by atoms with van der Waals surface area (Å²) in [5.74, 6) is 1.11. The number of rotatable bonds is 4. The number of imidazole rings is 1. The average molecular weight is 373 g/mol. The summed E-state index contributed by atoms with van der Waals surface area (Å²) in [5.41, 5.74) is 5.08. The van der Waals surface area contributed by atoms with Crippen molar-refractivity contribution in [2.24, 2.45) is 0 Å². The van der Waals surface area contributed by atoms with E-state index in [0.29, 0.717) is 17.8 Å². The van der Waals surface area contributed by atoms with E-state index in [9.17, 15) is 0 Å². The maximum atomic E-state index is 5.53. The molecule has 1 aliphatic carbocycles. The molecule has 0 amide bonds. The number of anilines is 1. The van der Waals surface area contributed by atoms with E-state index in [1.807, 2.05) is 44.7 Å². The molecular formula is C22H23N5O. The number of fused-ring (bicyclic) bond motifs is 1. The van der Waals surface area contributed by atoms with Crippen LogP contribution in [-0.2, 0) is 0 Å². The highest BCUT2D eigenvalue weighted by molar-refractivity contribution is 5.81. The predicted molar refractivity (Wildman–Crippen MR) is 110 cm³/mol. The Morgan fingerprint density at radius 3 is 2.71 bits per heavy atom. The molecule has 6 nitrogen and oxygen atoms in total. The first-order valence-electron chi connectivity index (χ1n) is 9.77. The molecule has 0 aliphatic heterocycles. The highest BCUT2D eigenvalue weighted by atomic mass is 16.5. The van der Waals surface area contributed by atoms with E-state index in [0.717, 1.165) is 22.3 Å². The molecule has 0 spiro atoms. The second-order valence-electron chi connectivity index (χ2n) is 7.66. The minimum absolute atomic E-state index is 0.523. The van der Waals surface area contributed by atoms with Gasteiger partial charge in [0.05, 0.1) is 17.4 Å². The van der Waals surface area contributed by atoms with Gasteiger partial charge in [-0.25, -0.2) is 4.98 Å². The third kappa shape index (κ3) is 2.95. The van der Waals surface area contributed by atoms with Crippen molar-refractivity contribution in [1.82, 2.24) is 19.7 Å². The van der Waals surface area contributed by atoms with Crippen molar-refractivity contribution in [1.29, 1.82) is 0 Å². The van der Waals surface area contributed by atoms with Crippen molar-refractivity contribution in [2.45, 2.75) is 31.7 Å². The number of benzene rings is 2. The normalized spacial score (nSPS) is 14.8. The fraction of sp³-hybridized carbons (Fsp3) is 0.318. The van der Waals surface area contributed by atoms with Crippen molar-refractivity contribution in [3.8, 4) is 22.8 Å². The zero-order valence-electron chi connectivity index (χ0n) is 16.2. The van der Waals surface area contributed by atoms with Crippen LogP contribution in [0.1, 0.15) is 31.7 Å². The molecule has 0 bridgehead atoms. The first-order valence-corrected chi connectivity index (χ1v) is 9.77. The minimum atomic E-state index is 0.523. The van der Waals surface area contributed by atoms with Crippen LogP contribution in [-0.4, -0.2) is 33.8 Å². The summed E-state index contributed by atoms with van der Waals surface area (Å²) in [5, 5.41) is 4.19. The van der Waals surface area contributed by atoms with Crippen LogP contribution in [0.25, 0.3) is 33.9 Å². The van der Waals surface area contributed by atoms with Gasteiger partial charge in [0.2, 0.25) is 5.82 Å². The van der Waals surface area contributed by atoms with Crippen LogP contribution in [0.2, 0.25) is 0 Å². The maximum Gasteiger partial charge on any atom is 0.258 e. The molecule has 1 aliphatic rings. The quantitative estimate of drug-likeness (QED) is 0.507. The zero-order valence-corrected chi connectivity index (χ0v) is 16.2. The Kier molecular flexibility index (Phi) is 4.11. The van der Waals surface area contributed by atoms with Gasteiger partial charge in [-0.1, -0.05) is 24.1 Å². The van der Waals surface area contributed by atoms with Crippen molar-refractivity contribution < 1.29 is 4.52 Å². The van der Waals surface area contributed by atoms with E-state index in [4.69, 9.17) is 4.52 Å². The monoisotopic (exact) mass is 373 g/mol. The summed E-state index contributed by atoms with van der Waals surface area (Å²) in [4.78, 5) is 11.3. The van der Waals surface area contributed by atoms with Gasteiger partial charge in [-0.05, 0) is 49.2 Å². The molecule has 5 rings (SSSR count). The van der Waals surface area contributed by atoms with Gasteiger partial charge in [0.25, 0.3) is 5.89 Å². The van der Waals surface area contributed by atoms with Crippen LogP contribution in [0.4, 0.5) is 5.69 Å². The molecule has 0 radical (unpaired) electrons. The van der Waals surface area contributed by atoms with Gasteiger partial charge in [0.15, 0.2) is 0 Å². The van der Waals surface area contributed by atoms with Gasteiger partial charge in [0, 0.05) is 37.0 Å². The fourth-order valence-corrected chi connectivity index (χ4v) is 4.02. The molecule has 1 saturated carbocycles. The van der Waals surface area contributed by atoms with Crippen LogP contribution < -0.4 is 4.90 Å². The van der Waals surface area contributed by atoms with E-state index in [-0.39, 0.29) is 0 Å². The standard InChI is InChI=1S/C22H23N5O/c1-26(2)18-9-5-6-16(12-18)22-24-21(25-28-22)15-10-11-20-19(13-15)23-14-27(20)17-7-3-4-8-17/h5-6,9-14,17H,3-4,7-8H2,1-2H3. The molecule has 6 heteroatoms. The van der Waals surface area contributed by atoms with E-state index < -0.39 is 0 Å². The smallest absolute Gasteiger partial charge is 0.258 e. The number of nitrogens with zero attached hydrogens (tertiary/aromatic N) is 5. The zero-order chi connectivity index (χ0) is 19.1. The summed E-state index contributed by atoms with van der Waals surface area (Å²) >= 11 is 0. The molecule has 0 N–H and O–H groups in total. The van der Waals surface area contributed by atoms with Crippen LogP contribution in [0.15, 0.2) is 53.3 Å². The average Bonchev–Trinajstić information content (AvgIpc) is 3.47. The molecule has 0 saturated heterocycles. The fourth-order valence-electron chi connectivity index (χ4n) is 4.02. The summed E-state index contributed by atoms with van der Waals surface area (Å²) in [6.07, 6.45) is 7.08. The molecule has 1 fully saturated rings. The second-order valence-corrected chi connectivity index (χ2v) is 7.66. The summed E-state index contributed by atoms with van der Waals surface area (Å²) in [6.45, 7) is 0. The third-order valence-corrected chi connectivity index (χ3v) is 5.59. The Morgan fingerprint density at radius 2 is 1.89 bits per heavy atom. The highest BCUT2D eigenvalue weighted by Crippen LogP contribution is 2.33. The van der Waals surface area contributed by atoms with Crippen LogP contribution in [0.3, 0.4) is 0 Å². The Hall–Kier alpha value is -3.15. The summed E-state index contributed by atoms with van der Waals surface area (Å²) in [7, 11) is 4.02. The summed E-state index contributed by atoms with van der Waals surface area (Å²) < 4.78 is 7.85. The lowest BCUT2D eigenvalue weighted by Gasteiger charge is -2.12. The van der Waals surface area contributed by atoms with Gasteiger partial charge in [-0.3, -0.25) is 0 Å². The van der Waals surface area contributed by atoms with E-state index in [2.05, 4.69) is 42.8 Å². The van der Waals surface area contributed by atoms with E-state index in [1.165, 1.54) is 31.2 Å². The molecule has 2 aromatic carbocycles. The molecule has 0 atom stereocenters. The Labute approximate surface area is 163 Å². The number of hydrogen-bond acceptors (Lipinski definition) is 5. The Balaban J connectivity index is 1.47. The minimum Gasteiger partial charge on any atom is -0.378 e. The van der Waals surface area contributed by atoms with Gasteiger partial charge in [-0.2, -0.15) is 4.98 Å². The SMILES string of the molecule is CN(C)c1cccc(-c2nc(-c3ccc4c(c3)ncn4C3CCCC3)no2)c1. The van der Waals surface area contributed by atoms with Gasteiger partial charge in [-0.15, -0.1) is 0 Å². The predicted octanol–water partition coefficient (Wildman–Crippen LogP) is 4.93. The summed E-state index contributed by atoms with van der Waals surface area (Å²) in [6, 6.07) is 14.9. The highest BCUT2D eigenvalue weighted by Gasteiger charge is 2.19. The van der Waals surface area contributed by atoms with Crippen molar-refractivity contribution in [3.05, 3.63) is 48.8 Å². The molecular weight excluding hydrogens is 350 g/mol. The molecule has 2 aromatic heterocycles. The molecule has 2 heterocycles. The van der Waals surface area contributed by atoms with E-state index >= 15 is 0 Å². The number of aromatic nitrogens is 4. The lowest BCUT2D eigenvalue weighted by Crippen LogP contribution is -2.08. The van der Waals surface area contributed by atoms with E-state index in [1.54, 1.807) is 0 Å². The molecule has 4 aromatic rings. The van der Waals surface area contributed by atoms with Gasteiger partial charge >= 0.3 is 0 Å². The van der Waals surface area contributed by atoms with Crippen molar-refractivity contribution in [2.75, 3.05) is 19.0 Å². The third-order valence-electron chi connectivity index (χ3n) is 5.59. The molecule has 28 heavy (non-hydrogen) atoms. The molecule has 0 unspecified atom stereocenters. The van der Waals surface area contributed by atoms with Crippen molar-refractivity contribution in [3.63, 3.8) is 0 Å². The number of hydrogen-bond donors (Lipinski definition) is 0. The van der Waals surface area contributed by atoms with Crippen LogP contribution in [0, 0.1) is 0 Å². The lowest BCUT2D eigenvalue weighted by atomic mass is 10.1. The van der Waals surface area contributed by atoms with Crippen molar-refractivity contribution >= 4 is 16.7 Å².